The van der Waals surface area contributed by atoms with E-state index in [-0.39, 0.29) is 18.0 Å². The number of anilines is 2. The van der Waals surface area contributed by atoms with Crippen LogP contribution in [0, 0.1) is 5.92 Å². The van der Waals surface area contributed by atoms with Crippen molar-refractivity contribution in [3.8, 4) is 5.82 Å². The molecule has 1 N–H and O–H groups in total. The highest BCUT2D eigenvalue weighted by Crippen LogP contribution is 2.33. The van der Waals surface area contributed by atoms with Gasteiger partial charge in [-0.25, -0.2) is 18.6 Å². The third-order valence-corrected chi connectivity index (χ3v) is 8.00. The monoisotopic (exact) mass is 555 g/mol. The number of aromatic nitrogens is 4. The molecule has 1 saturated carbocycles. The second-order valence-electron chi connectivity index (χ2n) is 11.4. The molecule has 3 aliphatic rings. The van der Waals surface area contributed by atoms with Crippen molar-refractivity contribution in [2.75, 3.05) is 49.6 Å². The van der Waals surface area contributed by atoms with Crippen molar-refractivity contribution in [3.05, 3.63) is 36.2 Å². The molecule has 0 bridgehead atoms. The summed E-state index contributed by atoms with van der Waals surface area (Å²) in [5, 5.41) is 3.39. The van der Waals surface area contributed by atoms with Crippen molar-refractivity contribution < 1.29 is 23.0 Å². The zero-order valence-electron chi connectivity index (χ0n) is 22.9. The number of carbonyl (C=O) groups is 1. The largest absolute Gasteiger partial charge is 0.441 e. The molecular weight excluding hydrogens is 520 g/mol. The number of rotatable bonds is 7. The van der Waals surface area contributed by atoms with Crippen LogP contribution in [0.1, 0.15) is 51.8 Å². The first-order chi connectivity index (χ1) is 19.3. The summed E-state index contributed by atoms with van der Waals surface area (Å²) in [5.41, 5.74) is 0.610. The fraction of sp³-hybridized carbons (Fsp3) is 0.571. The number of amides is 1. The predicted octanol–water partition coefficient (Wildman–Crippen LogP) is 4.79. The Bertz CT molecular complexity index is 1370. The van der Waals surface area contributed by atoms with Gasteiger partial charge in [0.25, 0.3) is 6.43 Å². The number of nitrogens with one attached hydrogen (secondary N) is 1. The van der Waals surface area contributed by atoms with Crippen LogP contribution in [0.2, 0.25) is 0 Å². The number of carbonyl (C=O) groups excluding carboxylic acids is 1. The van der Waals surface area contributed by atoms with Gasteiger partial charge in [-0.05, 0) is 57.6 Å². The van der Waals surface area contributed by atoms with E-state index in [1.165, 1.54) is 4.57 Å². The molecule has 1 amide bonds. The number of morpholine rings is 1. The lowest BCUT2D eigenvalue weighted by Crippen LogP contribution is -2.40. The Morgan fingerprint density at radius 1 is 1.05 bits per heavy atom. The summed E-state index contributed by atoms with van der Waals surface area (Å²) >= 11 is 0. The summed E-state index contributed by atoms with van der Waals surface area (Å²) in [6.45, 7) is 7.61. The number of alkyl halides is 2. The number of halogens is 2. The Balaban J connectivity index is 1.22. The van der Waals surface area contributed by atoms with Crippen molar-refractivity contribution in [2.45, 2.75) is 57.6 Å². The molecule has 2 saturated heterocycles. The molecule has 2 aromatic heterocycles. The molecule has 10 nitrogen and oxygen atoms in total. The number of para-hydroxylation sites is 2. The third-order valence-electron chi connectivity index (χ3n) is 8.00. The lowest BCUT2D eigenvalue weighted by Gasteiger charge is -2.33. The molecule has 40 heavy (non-hydrogen) atoms. The molecule has 0 unspecified atom stereocenters. The van der Waals surface area contributed by atoms with Gasteiger partial charge in [-0.2, -0.15) is 9.97 Å². The maximum Gasteiger partial charge on any atom is 0.410 e. The third kappa shape index (κ3) is 5.41. The van der Waals surface area contributed by atoms with Gasteiger partial charge in [0.15, 0.2) is 5.82 Å². The second kappa shape index (κ2) is 10.8. The topological polar surface area (TPSA) is 97.6 Å². The molecule has 6 rings (SSSR count). The summed E-state index contributed by atoms with van der Waals surface area (Å²) < 4.78 is 40.6. The molecular formula is C28H35F2N7O3. The van der Waals surface area contributed by atoms with Crippen LogP contribution in [-0.4, -0.2) is 81.5 Å². The van der Waals surface area contributed by atoms with E-state index in [2.05, 4.69) is 15.2 Å². The number of cyclic esters (lactones) is 1. The smallest absolute Gasteiger partial charge is 0.410 e. The zero-order valence-corrected chi connectivity index (χ0v) is 22.9. The quantitative estimate of drug-likeness (QED) is 0.445. The van der Waals surface area contributed by atoms with Gasteiger partial charge in [-0.15, -0.1) is 0 Å². The highest BCUT2D eigenvalue weighted by atomic mass is 19.3. The lowest BCUT2D eigenvalue weighted by molar-refractivity contribution is 0.0847. The average Bonchev–Trinajstić information content (AvgIpc) is 3.48. The molecule has 0 spiro atoms. The molecule has 1 aliphatic carbocycles. The fourth-order valence-corrected chi connectivity index (χ4v) is 5.98. The fourth-order valence-electron chi connectivity index (χ4n) is 5.98. The highest BCUT2D eigenvalue weighted by molar-refractivity contribution is 5.78. The van der Waals surface area contributed by atoms with E-state index in [1.807, 2.05) is 18.7 Å². The van der Waals surface area contributed by atoms with Crippen molar-refractivity contribution >= 4 is 28.9 Å². The molecule has 3 fully saturated rings. The van der Waals surface area contributed by atoms with Crippen LogP contribution in [-0.2, 0) is 9.47 Å². The van der Waals surface area contributed by atoms with Crippen LogP contribution < -0.4 is 10.2 Å². The molecule has 0 radical (unpaired) electrons. The van der Waals surface area contributed by atoms with Crippen LogP contribution in [0.25, 0.3) is 16.9 Å². The van der Waals surface area contributed by atoms with E-state index in [0.29, 0.717) is 73.9 Å². The molecule has 214 valence electrons. The minimum absolute atomic E-state index is 0.195. The molecule has 4 heterocycles. The first-order valence-electron chi connectivity index (χ1n) is 14.0. The summed E-state index contributed by atoms with van der Waals surface area (Å²) in [7, 11) is 0. The number of benzene rings is 1. The van der Waals surface area contributed by atoms with Crippen molar-refractivity contribution in [1.82, 2.24) is 24.4 Å². The van der Waals surface area contributed by atoms with Gasteiger partial charge in [0.2, 0.25) is 5.95 Å². The number of fused-ring (bicyclic) bond motifs is 1. The minimum Gasteiger partial charge on any atom is -0.441 e. The van der Waals surface area contributed by atoms with Crippen LogP contribution in [0.15, 0.2) is 30.3 Å². The van der Waals surface area contributed by atoms with E-state index in [9.17, 15) is 13.6 Å². The van der Waals surface area contributed by atoms with Gasteiger partial charge < -0.3 is 24.6 Å². The van der Waals surface area contributed by atoms with Crippen molar-refractivity contribution in [1.29, 1.82) is 0 Å². The Morgan fingerprint density at radius 3 is 2.48 bits per heavy atom. The second-order valence-corrected chi connectivity index (χ2v) is 11.4. The molecule has 12 heteroatoms. The summed E-state index contributed by atoms with van der Waals surface area (Å²) in [6, 6.07) is 9.02. The van der Waals surface area contributed by atoms with E-state index in [1.54, 1.807) is 30.3 Å². The first kappa shape index (κ1) is 26.7. The van der Waals surface area contributed by atoms with Crippen LogP contribution in [0.4, 0.5) is 25.3 Å². The van der Waals surface area contributed by atoms with Gasteiger partial charge in [0.1, 0.15) is 17.2 Å². The molecule has 0 atom stereocenters. The van der Waals surface area contributed by atoms with E-state index >= 15 is 0 Å². The molecule has 2 aliphatic heterocycles. The van der Waals surface area contributed by atoms with Crippen LogP contribution in [0.5, 0.6) is 0 Å². The van der Waals surface area contributed by atoms with Gasteiger partial charge in [-0.1, -0.05) is 12.1 Å². The minimum atomic E-state index is -2.76. The van der Waals surface area contributed by atoms with Gasteiger partial charge in [0, 0.05) is 31.7 Å². The van der Waals surface area contributed by atoms with E-state index < -0.39 is 12.0 Å². The number of nitrogens with zero attached hydrogens (tertiary/aromatic N) is 6. The predicted molar refractivity (Wildman–Crippen MR) is 146 cm³/mol. The van der Waals surface area contributed by atoms with E-state index in [0.717, 1.165) is 25.7 Å². The maximum absolute atomic E-state index is 14.1. The summed E-state index contributed by atoms with van der Waals surface area (Å²) in [6.07, 6.45) is 0.757. The van der Waals surface area contributed by atoms with E-state index in [4.69, 9.17) is 19.4 Å². The van der Waals surface area contributed by atoms with Crippen LogP contribution >= 0.6 is 0 Å². The Hall–Kier alpha value is -3.54. The number of hydrogen-bond donors (Lipinski definition) is 1. The number of hydrogen-bond acceptors (Lipinski definition) is 8. The molecule has 3 aromatic rings. The standard InChI is InChI=1S/C28H35F2N7O3/c1-28(2)17-36(27(38)40-28)19-9-7-18(8-10-19)16-31-26-33-22(35-11-13-39-14-12-35)15-23(34-26)37-21-6-4-3-5-20(21)32-25(37)24(29)30/h3-6,15,18-19,24H,7-14,16-17H2,1-2H3,(H,31,33,34)/t18-,19-. The lowest BCUT2D eigenvalue weighted by atomic mass is 9.85. The summed E-state index contributed by atoms with van der Waals surface area (Å²) in [4.78, 5) is 29.9. The van der Waals surface area contributed by atoms with Crippen molar-refractivity contribution in [3.63, 3.8) is 0 Å². The summed E-state index contributed by atoms with van der Waals surface area (Å²) in [5.74, 6) is 1.44. The highest BCUT2D eigenvalue weighted by Gasteiger charge is 2.41. The number of ether oxygens (including phenoxy) is 2. The van der Waals surface area contributed by atoms with Crippen molar-refractivity contribution in [2.24, 2.45) is 5.92 Å². The van der Waals surface area contributed by atoms with Gasteiger partial charge >= 0.3 is 6.09 Å². The number of imidazole rings is 1. The SMILES string of the molecule is CC1(C)CN([C@H]2CC[C@H](CNc3nc(N4CCOCC4)cc(-n4c(C(F)F)nc5ccccc54)n3)CC2)C(=O)O1. The van der Waals surface area contributed by atoms with Crippen LogP contribution in [0.3, 0.4) is 0 Å². The molecule has 1 aromatic carbocycles. The Morgan fingerprint density at radius 2 is 1.77 bits per heavy atom. The average molecular weight is 556 g/mol. The van der Waals surface area contributed by atoms with Gasteiger partial charge in [0.05, 0.1) is 30.8 Å². The Labute approximate surface area is 231 Å². The Kier molecular flexibility index (Phi) is 7.20. The van der Waals surface area contributed by atoms with Gasteiger partial charge in [-0.3, -0.25) is 4.57 Å². The normalized spacial score (nSPS) is 23.2. The maximum atomic E-state index is 14.1. The first-order valence-corrected chi connectivity index (χ1v) is 14.0. The zero-order chi connectivity index (χ0) is 27.9.